The molecule has 146 valence electrons. The first-order valence-corrected chi connectivity index (χ1v) is 9.95. The molecule has 7 nitrogen and oxygen atoms in total. The van der Waals surface area contributed by atoms with Crippen LogP contribution in [0.5, 0.6) is 5.75 Å². The quantitative estimate of drug-likeness (QED) is 0.376. The van der Waals surface area contributed by atoms with E-state index in [2.05, 4.69) is 20.2 Å². The van der Waals surface area contributed by atoms with Gasteiger partial charge >= 0.3 is 0 Å². The highest BCUT2D eigenvalue weighted by Gasteiger charge is 2.17. The Morgan fingerprint density at radius 2 is 1.77 bits per heavy atom. The Balaban J connectivity index is 1.55. The van der Waals surface area contributed by atoms with Crippen LogP contribution < -0.4 is 4.74 Å². The zero-order valence-corrected chi connectivity index (χ0v) is 16.7. The second-order valence-electron chi connectivity index (χ2n) is 6.29. The summed E-state index contributed by atoms with van der Waals surface area (Å²) < 4.78 is 11.3. The maximum atomic E-state index is 5.90. The van der Waals surface area contributed by atoms with Crippen molar-refractivity contribution in [1.29, 1.82) is 0 Å². The van der Waals surface area contributed by atoms with Crippen LogP contribution in [0.3, 0.4) is 0 Å². The number of hydrogen-bond donors (Lipinski definition) is 0. The third kappa shape index (κ3) is 3.48. The molecule has 0 aliphatic carbocycles. The molecule has 0 aliphatic heterocycles. The molecule has 0 N–H and O–H groups in total. The first kappa shape index (κ1) is 18.3. The lowest BCUT2D eigenvalue weighted by Gasteiger charge is -2.06. The van der Waals surface area contributed by atoms with E-state index in [4.69, 9.17) is 14.1 Å². The van der Waals surface area contributed by atoms with Gasteiger partial charge in [-0.05, 0) is 42.1 Å². The lowest BCUT2D eigenvalue weighted by molar-refractivity contribution is 0.411. The molecule has 8 heteroatoms. The normalized spacial score (nSPS) is 11.0. The maximum absolute atomic E-state index is 5.90. The molecule has 0 aliphatic rings. The van der Waals surface area contributed by atoms with Gasteiger partial charge in [-0.25, -0.2) is 9.97 Å². The van der Waals surface area contributed by atoms with Gasteiger partial charge in [0.1, 0.15) is 10.8 Å². The van der Waals surface area contributed by atoms with Gasteiger partial charge in [0.05, 0.1) is 18.2 Å². The molecule has 30 heavy (non-hydrogen) atoms. The van der Waals surface area contributed by atoms with Crippen LogP contribution in [0.2, 0.25) is 0 Å². The Bertz CT molecular complexity index is 1320. The van der Waals surface area contributed by atoms with Gasteiger partial charge in [0.2, 0.25) is 0 Å². The van der Waals surface area contributed by atoms with E-state index >= 15 is 0 Å². The van der Waals surface area contributed by atoms with Crippen LogP contribution in [0.15, 0.2) is 87.7 Å². The number of aromatic nitrogens is 5. The van der Waals surface area contributed by atoms with Crippen LogP contribution >= 0.6 is 11.8 Å². The number of methoxy groups -OCH3 is 1. The zero-order chi connectivity index (χ0) is 20.3. The van der Waals surface area contributed by atoms with E-state index in [-0.39, 0.29) is 0 Å². The molecule has 5 rings (SSSR count). The van der Waals surface area contributed by atoms with Crippen LogP contribution in [-0.2, 0) is 0 Å². The highest BCUT2D eigenvalue weighted by molar-refractivity contribution is 7.99. The fourth-order valence-electron chi connectivity index (χ4n) is 3.01. The van der Waals surface area contributed by atoms with Gasteiger partial charge in [-0.2, -0.15) is 0 Å². The van der Waals surface area contributed by atoms with Gasteiger partial charge in [-0.15, -0.1) is 10.2 Å². The SMILES string of the molecule is COc1ccccc1-c1nnc(Sc2nc(-c3cccnc3)nc3ccccc23)o1. The third-order valence-electron chi connectivity index (χ3n) is 4.42. The first-order chi connectivity index (χ1) is 14.8. The second-order valence-corrected chi connectivity index (χ2v) is 7.23. The standard InChI is InChI=1S/C22H15N5O2S/c1-28-18-11-5-3-9-16(18)20-26-27-22(29-20)30-21-15-8-2-4-10-17(15)24-19(25-21)14-7-6-12-23-13-14/h2-13H,1H3. The molecule has 0 saturated carbocycles. The van der Waals surface area contributed by atoms with Gasteiger partial charge < -0.3 is 9.15 Å². The van der Waals surface area contributed by atoms with Crippen molar-refractivity contribution in [3.05, 3.63) is 73.1 Å². The third-order valence-corrected chi connectivity index (χ3v) is 5.26. The minimum Gasteiger partial charge on any atom is -0.496 e. The van der Waals surface area contributed by atoms with Gasteiger partial charge in [0, 0.05) is 23.3 Å². The van der Waals surface area contributed by atoms with Gasteiger partial charge in [-0.3, -0.25) is 4.98 Å². The lowest BCUT2D eigenvalue weighted by Crippen LogP contribution is -1.94. The van der Waals surface area contributed by atoms with E-state index in [1.54, 1.807) is 19.5 Å². The van der Waals surface area contributed by atoms with Crippen molar-refractivity contribution >= 4 is 22.7 Å². The summed E-state index contributed by atoms with van der Waals surface area (Å²) in [6, 6.07) is 19.1. The summed E-state index contributed by atoms with van der Waals surface area (Å²) in [5, 5.41) is 10.4. The zero-order valence-electron chi connectivity index (χ0n) is 15.9. The number of nitrogens with zero attached hydrogens (tertiary/aromatic N) is 5. The Hall–Kier alpha value is -3.78. The van der Waals surface area contributed by atoms with E-state index < -0.39 is 0 Å². The predicted molar refractivity (Wildman–Crippen MR) is 113 cm³/mol. The molecule has 3 aromatic heterocycles. The minimum atomic E-state index is 0.386. The summed E-state index contributed by atoms with van der Waals surface area (Å²) in [4.78, 5) is 13.6. The van der Waals surface area contributed by atoms with Gasteiger partial charge in [-0.1, -0.05) is 30.3 Å². The van der Waals surface area contributed by atoms with Crippen molar-refractivity contribution in [2.75, 3.05) is 7.11 Å². The van der Waals surface area contributed by atoms with E-state index in [1.165, 1.54) is 11.8 Å². The number of para-hydroxylation sites is 2. The monoisotopic (exact) mass is 413 g/mol. The van der Waals surface area contributed by atoms with Crippen LogP contribution in [0.25, 0.3) is 33.7 Å². The molecular weight excluding hydrogens is 398 g/mol. The van der Waals surface area contributed by atoms with Gasteiger partial charge in [0.25, 0.3) is 11.1 Å². The second kappa shape index (κ2) is 7.92. The Labute approximate surface area is 176 Å². The highest BCUT2D eigenvalue weighted by Crippen LogP contribution is 2.35. The topological polar surface area (TPSA) is 86.8 Å². The molecule has 0 amide bonds. The van der Waals surface area contributed by atoms with Crippen molar-refractivity contribution < 1.29 is 9.15 Å². The molecule has 5 aromatic rings. The molecule has 0 radical (unpaired) electrons. The smallest absolute Gasteiger partial charge is 0.283 e. The van der Waals surface area contributed by atoms with Crippen LogP contribution in [0.1, 0.15) is 0 Å². The number of rotatable bonds is 5. The van der Waals surface area contributed by atoms with E-state index in [0.29, 0.717) is 22.7 Å². The van der Waals surface area contributed by atoms with Crippen molar-refractivity contribution in [3.63, 3.8) is 0 Å². The van der Waals surface area contributed by atoms with E-state index in [0.717, 1.165) is 27.1 Å². The van der Waals surface area contributed by atoms with Crippen molar-refractivity contribution in [1.82, 2.24) is 25.1 Å². The minimum absolute atomic E-state index is 0.386. The van der Waals surface area contributed by atoms with E-state index in [9.17, 15) is 0 Å². The Morgan fingerprint density at radius 3 is 2.63 bits per heavy atom. The fraction of sp³-hybridized carbons (Fsp3) is 0.0455. The summed E-state index contributed by atoms with van der Waals surface area (Å²) in [6.07, 6.45) is 3.46. The van der Waals surface area contributed by atoms with Crippen molar-refractivity contribution in [2.45, 2.75) is 10.2 Å². The molecule has 0 spiro atoms. The highest BCUT2D eigenvalue weighted by atomic mass is 32.2. The fourth-order valence-corrected chi connectivity index (χ4v) is 3.80. The maximum Gasteiger partial charge on any atom is 0.283 e. The molecule has 3 heterocycles. The lowest BCUT2D eigenvalue weighted by atomic mass is 10.2. The number of pyridine rings is 1. The molecular formula is C22H15N5O2S. The molecule has 0 saturated heterocycles. The predicted octanol–water partition coefficient (Wildman–Crippen LogP) is 4.90. The van der Waals surface area contributed by atoms with Crippen LogP contribution in [0.4, 0.5) is 0 Å². The van der Waals surface area contributed by atoms with Crippen LogP contribution in [0, 0.1) is 0 Å². The van der Waals surface area contributed by atoms with Crippen LogP contribution in [-0.4, -0.2) is 32.3 Å². The largest absolute Gasteiger partial charge is 0.496 e. The van der Waals surface area contributed by atoms with Crippen molar-refractivity contribution in [3.8, 4) is 28.6 Å². The average molecular weight is 413 g/mol. The summed E-state index contributed by atoms with van der Waals surface area (Å²) in [5.41, 5.74) is 2.41. The molecule has 0 atom stereocenters. The van der Waals surface area contributed by atoms with E-state index in [1.807, 2.05) is 60.7 Å². The summed E-state index contributed by atoms with van der Waals surface area (Å²) in [5.74, 6) is 1.65. The average Bonchev–Trinajstić information content (AvgIpc) is 3.28. The molecule has 2 aromatic carbocycles. The molecule has 0 bridgehead atoms. The number of fused-ring (bicyclic) bond motifs is 1. The summed E-state index contributed by atoms with van der Waals surface area (Å²) in [6.45, 7) is 0. The Kier molecular flexibility index (Phi) is 4.82. The van der Waals surface area contributed by atoms with Crippen molar-refractivity contribution in [2.24, 2.45) is 0 Å². The molecule has 0 fully saturated rings. The summed E-state index contributed by atoms with van der Waals surface area (Å²) in [7, 11) is 1.61. The first-order valence-electron chi connectivity index (χ1n) is 9.14. The Morgan fingerprint density at radius 1 is 0.900 bits per heavy atom. The summed E-state index contributed by atoms with van der Waals surface area (Å²) >= 11 is 1.30. The molecule has 0 unspecified atom stereocenters. The van der Waals surface area contributed by atoms with Gasteiger partial charge in [0.15, 0.2) is 5.82 Å². The number of ether oxygens (including phenoxy) is 1. The number of benzene rings is 2. The number of hydrogen-bond acceptors (Lipinski definition) is 8.